The SMILES string of the molecule is CCCC(O)O.O=C(O)CCC(=O)O.OCC(O)CO.OCCCCCCO. The Morgan fingerprint density at radius 2 is 1.07 bits per heavy atom. The summed E-state index contributed by atoms with van der Waals surface area (Å²) in [6.07, 6.45) is 2.50. The molecule has 0 bridgehead atoms. The van der Waals surface area contributed by atoms with Crippen molar-refractivity contribution in [1.82, 2.24) is 0 Å². The third-order valence-electron chi connectivity index (χ3n) is 2.59. The summed E-state index contributed by atoms with van der Waals surface area (Å²) in [6.45, 7) is 1.74. The lowest BCUT2D eigenvalue weighted by Crippen LogP contribution is -2.15. The van der Waals surface area contributed by atoms with Crippen molar-refractivity contribution in [2.24, 2.45) is 0 Å². The largest absolute Gasteiger partial charge is 0.481 e. The molecule has 0 saturated carbocycles. The summed E-state index contributed by atoms with van der Waals surface area (Å²) >= 11 is 0. The van der Waals surface area contributed by atoms with Crippen LogP contribution in [0.2, 0.25) is 0 Å². The maximum atomic E-state index is 9.64. The van der Waals surface area contributed by atoms with Crippen molar-refractivity contribution >= 4 is 11.9 Å². The van der Waals surface area contributed by atoms with Gasteiger partial charge < -0.3 is 46.0 Å². The summed E-state index contributed by atoms with van der Waals surface area (Å²) < 4.78 is 0. The zero-order valence-corrected chi connectivity index (χ0v) is 16.5. The number of unbranched alkanes of at least 4 members (excludes halogenated alkanes) is 3. The van der Waals surface area contributed by atoms with Crippen molar-refractivity contribution in [2.75, 3.05) is 26.4 Å². The predicted octanol–water partition coefficient (Wildman–Crippen LogP) is -1.10. The summed E-state index contributed by atoms with van der Waals surface area (Å²) in [6, 6.07) is 0. The van der Waals surface area contributed by atoms with Gasteiger partial charge in [0.2, 0.25) is 0 Å². The molecule has 0 atom stereocenters. The van der Waals surface area contributed by atoms with E-state index in [2.05, 4.69) is 0 Å². The molecule has 0 heterocycles. The van der Waals surface area contributed by atoms with Gasteiger partial charge >= 0.3 is 11.9 Å². The van der Waals surface area contributed by atoms with E-state index >= 15 is 0 Å². The quantitative estimate of drug-likeness (QED) is 0.137. The lowest BCUT2D eigenvalue weighted by molar-refractivity contribution is -0.143. The van der Waals surface area contributed by atoms with E-state index in [1.54, 1.807) is 0 Å². The van der Waals surface area contributed by atoms with Crippen LogP contribution in [0.5, 0.6) is 0 Å². The van der Waals surface area contributed by atoms with Crippen molar-refractivity contribution in [3.63, 3.8) is 0 Å². The number of hydrogen-bond donors (Lipinski definition) is 9. The lowest BCUT2D eigenvalue weighted by Gasteiger charge is -1.96. The average Bonchev–Trinajstić information content (AvgIpc) is 2.64. The van der Waals surface area contributed by atoms with Gasteiger partial charge in [-0.25, -0.2) is 0 Å². The second-order valence-corrected chi connectivity index (χ2v) is 5.44. The van der Waals surface area contributed by atoms with Crippen LogP contribution in [0.4, 0.5) is 0 Å². The molecular weight excluding hydrogens is 380 g/mol. The van der Waals surface area contributed by atoms with Crippen molar-refractivity contribution in [3.8, 4) is 0 Å². The zero-order valence-electron chi connectivity index (χ0n) is 16.5. The van der Waals surface area contributed by atoms with E-state index in [9.17, 15) is 9.59 Å². The van der Waals surface area contributed by atoms with Gasteiger partial charge in [0.05, 0.1) is 26.1 Å². The van der Waals surface area contributed by atoms with Crippen molar-refractivity contribution in [1.29, 1.82) is 0 Å². The van der Waals surface area contributed by atoms with Gasteiger partial charge in [-0.15, -0.1) is 0 Å². The van der Waals surface area contributed by atoms with Crippen molar-refractivity contribution in [2.45, 2.75) is 70.7 Å². The first kappa shape index (κ1) is 34.2. The molecule has 11 heteroatoms. The van der Waals surface area contributed by atoms with Crippen LogP contribution >= 0.6 is 0 Å². The van der Waals surface area contributed by atoms with Crippen LogP contribution in [0.3, 0.4) is 0 Å². The second-order valence-electron chi connectivity index (χ2n) is 5.44. The second kappa shape index (κ2) is 30.4. The summed E-state index contributed by atoms with van der Waals surface area (Å²) in [5.41, 5.74) is 0. The number of carboxylic acid groups (broad SMARTS) is 2. The lowest BCUT2D eigenvalue weighted by atomic mass is 10.2. The number of hydrogen-bond acceptors (Lipinski definition) is 9. The molecule has 0 fully saturated rings. The van der Waals surface area contributed by atoms with E-state index in [0.717, 1.165) is 32.1 Å². The van der Waals surface area contributed by atoms with Gasteiger partial charge in [0.1, 0.15) is 6.10 Å². The minimum Gasteiger partial charge on any atom is -0.481 e. The minimum atomic E-state index is -1.10. The van der Waals surface area contributed by atoms with Gasteiger partial charge in [-0.1, -0.05) is 26.2 Å². The molecule has 0 amide bonds. The van der Waals surface area contributed by atoms with Gasteiger partial charge in [0, 0.05) is 13.2 Å². The molecule has 172 valence electrons. The molecule has 0 aromatic rings. The Morgan fingerprint density at radius 1 is 0.714 bits per heavy atom. The van der Waals surface area contributed by atoms with E-state index < -0.39 is 24.3 Å². The fraction of sp³-hybridized carbons (Fsp3) is 0.882. The Kier molecular flexibility index (Phi) is 37.1. The van der Waals surface area contributed by atoms with Gasteiger partial charge in [-0.3, -0.25) is 9.59 Å². The Bertz CT molecular complexity index is 287. The molecule has 0 aromatic carbocycles. The molecule has 0 aromatic heterocycles. The third-order valence-corrected chi connectivity index (χ3v) is 2.59. The Hall–Kier alpha value is -1.34. The third kappa shape index (κ3) is 56.3. The number of carboxylic acids is 2. The van der Waals surface area contributed by atoms with E-state index in [1.165, 1.54) is 0 Å². The Labute approximate surface area is 165 Å². The molecule has 28 heavy (non-hydrogen) atoms. The summed E-state index contributed by atoms with van der Waals surface area (Å²) in [5, 5.41) is 72.6. The highest BCUT2D eigenvalue weighted by molar-refractivity contribution is 5.75. The first-order valence-corrected chi connectivity index (χ1v) is 9.03. The van der Waals surface area contributed by atoms with E-state index in [1.807, 2.05) is 6.92 Å². The molecular formula is C17H38O11. The minimum absolute atomic E-state index is 0.283. The first-order valence-electron chi connectivity index (χ1n) is 9.03. The molecule has 0 saturated heterocycles. The molecule has 9 N–H and O–H groups in total. The van der Waals surface area contributed by atoms with Crippen LogP contribution in [0.1, 0.15) is 58.3 Å². The summed E-state index contributed by atoms with van der Waals surface area (Å²) in [4.78, 5) is 19.3. The van der Waals surface area contributed by atoms with Crippen molar-refractivity contribution < 1.29 is 55.5 Å². The average molecular weight is 418 g/mol. The van der Waals surface area contributed by atoms with Gasteiger partial charge in [0.15, 0.2) is 6.29 Å². The van der Waals surface area contributed by atoms with E-state index in [0.29, 0.717) is 6.42 Å². The number of aliphatic hydroxyl groups excluding tert-OH is 6. The molecule has 0 aliphatic carbocycles. The molecule has 11 nitrogen and oxygen atoms in total. The molecule has 0 radical (unpaired) electrons. The number of aliphatic carboxylic acids is 2. The maximum absolute atomic E-state index is 9.64. The number of rotatable bonds is 12. The normalized spacial score (nSPS) is 9.50. The molecule has 0 aliphatic rings. The Morgan fingerprint density at radius 3 is 1.18 bits per heavy atom. The fourth-order valence-electron chi connectivity index (χ4n) is 1.11. The first-order chi connectivity index (χ1) is 13.1. The van der Waals surface area contributed by atoms with Crippen LogP contribution in [-0.4, -0.2) is 96.7 Å². The monoisotopic (exact) mass is 418 g/mol. The predicted molar refractivity (Wildman–Crippen MR) is 100 cm³/mol. The highest BCUT2D eigenvalue weighted by atomic mass is 16.5. The maximum Gasteiger partial charge on any atom is 0.303 e. The Balaban J connectivity index is -0.000000139. The highest BCUT2D eigenvalue weighted by Gasteiger charge is 2.00. The number of aliphatic hydroxyl groups is 7. The van der Waals surface area contributed by atoms with Gasteiger partial charge in [-0.2, -0.15) is 0 Å². The molecule has 0 rings (SSSR count). The topological polar surface area (TPSA) is 216 Å². The van der Waals surface area contributed by atoms with E-state index in [4.69, 9.17) is 46.0 Å². The van der Waals surface area contributed by atoms with Crippen LogP contribution in [0, 0.1) is 0 Å². The van der Waals surface area contributed by atoms with Crippen LogP contribution in [0.15, 0.2) is 0 Å². The van der Waals surface area contributed by atoms with Crippen LogP contribution in [0.25, 0.3) is 0 Å². The summed E-state index contributed by atoms with van der Waals surface area (Å²) in [5.74, 6) is -2.15. The number of carbonyl (C=O) groups is 2. The molecule has 0 unspecified atom stereocenters. The van der Waals surface area contributed by atoms with E-state index in [-0.39, 0.29) is 39.3 Å². The standard InChI is InChI=1S/C6H14O2.C4H6O4.C4H10O2.C3H8O3/c7-5-3-1-2-4-6-8;5-3(6)1-2-4(7)8;1-2-3-4(5)6;4-1-3(6)2-5/h7-8H,1-6H2;1-2H2,(H,5,6)(H,7,8);4-6H,2-3H2,1H3;3-6H,1-2H2. The summed E-state index contributed by atoms with van der Waals surface area (Å²) in [7, 11) is 0. The fourth-order valence-corrected chi connectivity index (χ4v) is 1.11. The van der Waals surface area contributed by atoms with Gasteiger partial charge in [-0.05, 0) is 19.3 Å². The molecule has 0 spiro atoms. The smallest absolute Gasteiger partial charge is 0.303 e. The van der Waals surface area contributed by atoms with Crippen LogP contribution in [-0.2, 0) is 9.59 Å². The van der Waals surface area contributed by atoms with Crippen LogP contribution < -0.4 is 0 Å². The zero-order chi connectivity index (χ0) is 22.8. The molecule has 0 aliphatic heterocycles. The highest BCUT2D eigenvalue weighted by Crippen LogP contribution is 1.96. The van der Waals surface area contributed by atoms with Crippen molar-refractivity contribution in [3.05, 3.63) is 0 Å². The van der Waals surface area contributed by atoms with Gasteiger partial charge in [0.25, 0.3) is 0 Å².